The van der Waals surface area contributed by atoms with Crippen LogP contribution >= 0.6 is 0 Å². The van der Waals surface area contributed by atoms with Crippen molar-refractivity contribution in [1.82, 2.24) is 5.32 Å². The number of fused-ring (bicyclic) bond motifs is 3. The van der Waals surface area contributed by atoms with Crippen LogP contribution in [-0.4, -0.2) is 61.4 Å². The molecule has 6 atom stereocenters. The first kappa shape index (κ1) is 21.7. The van der Waals surface area contributed by atoms with Gasteiger partial charge in [-0.3, -0.25) is 4.79 Å². The lowest BCUT2D eigenvalue weighted by atomic mass is 9.92. The third-order valence-electron chi connectivity index (χ3n) is 5.61. The van der Waals surface area contributed by atoms with Crippen LogP contribution in [0, 0.1) is 0 Å². The van der Waals surface area contributed by atoms with E-state index in [-0.39, 0.29) is 24.5 Å². The van der Waals surface area contributed by atoms with E-state index < -0.39 is 36.2 Å². The van der Waals surface area contributed by atoms with Gasteiger partial charge in [-0.05, 0) is 33.3 Å². The second-order valence-corrected chi connectivity index (χ2v) is 8.89. The Morgan fingerprint density at radius 2 is 1.63 bits per heavy atom. The molecule has 0 amide bonds. The predicted molar refractivity (Wildman–Crippen MR) is 106 cm³/mol. The fraction of sp³-hybridized carbons (Fsp3) is 0.682. The van der Waals surface area contributed by atoms with Crippen molar-refractivity contribution >= 4 is 5.97 Å². The minimum atomic E-state index is -0.794. The van der Waals surface area contributed by atoms with Crippen molar-refractivity contribution in [2.75, 3.05) is 7.11 Å². The summed E-state index contributed by atoms with van der Waals surface area (Å²) in [7, 11) is 1.38. The summed E-state index contributed by atoms with van der Waals surface area (Å²) in [5, 5.41) is 3.45. The second kappa shape index (κ2) is 8.18. The molecule has 0 saturated carbocycles. The minimum absolute atomic E-state index is 0.128. The highest BCUT2D eigenvalue weighted by atomic mass is 16.9. The summed E-state index contributed by atoms with van der Waals surface area (Å²) in [5.41, 5.74) is 1.10. The standard InChI is InChI=1S/C22H31NO7/c1-21(2)27-17-16(26-20-19(18(17)28-21)29-22(3,4)30-20)14(11-15(24)25-5)23-12-13-9-7-6-8-10-13/h6-10,14,16-20,23H,11-12H2,1-5H3/t14-,16+,17-,18-,19+,20+/m0/s1. The lowest BCUT2D eigenvalue weighted by Gasteiger charge is -2.41. The summed E-state index contributed by atoms with van der Waals surface area (Å²) in [4.78, 5) is 12.2. The molecule has 3 aliphatic rings. The molecule has 8 heteroatoms. The van der Waals surface area contributed by atoms with Crippen LogP contribution < -0.4 is 5.32 Å². The first-order valence-corrected chi connectivity index (χ1v) is 10.4. The molecule has 8 nitrogen and oxygen atoms in total. The Bertz CT molecular complexity index is 753. The van der Waals surface area contributed by atoms with Gasteiger partial charge in [0.1, 0.15) is 24.4 Å². The highest BCUT2D eigenvalue weighted by Crippen LogP contribution is 2.45. The van der Waals surface area contributed by atoms with Crippen LogP contribution in [0.1, 0.15) is 39.7 Å². The van der Waals surface area contributed by atoms with Crippen LogP contribution in [0.25, 0.3) is 0 Å². The van der Waals surface area contributed by atoms with Crippen molar-refractivity contribution in [3.05, 3.63) is 35.9 Å². The topological polar surface area (TPSA) is 84.5 Å². The van der Waals surface area contributed by atoms with Gasteiger partial charge in [-0.2, -0.15) is 0 Å². The number of methoxy groups -OCH3 is 1. The van der Waals surface area contributed by atoms with Crippen LogP contribution in [-0.2, 0) is 39.8 Å². The van der Waals surface area contributed by atoms with E-state index in [1.54, 1.807) is 0 Å². The van der Waals surface area contributed by atoms with E-state index in [1.807, 2.05) is 58.0 Å². The fourth-order valence-corrected chi connectivity index (χ4v) is 4.38. The van der Waals surface area contributed by atoms with E-state index in [1.165, 1.54) is 7.11 Å². The molecule has 0 radical (unpaired) electrons. The number of esters is 1. The number of nitrogens with one attached hydrogen (secondary N) is 1. The van der Waals surface area contributed by atoms with E-state index in [4.69, 9.17) is 28.4 Å². The van der Waals surface area contributed by atoms with E-state index in [0.717, 1.165) is 5.56 Å². The highest BCUT2D eigenvalue weighted by molar-refractivity contribution is 5.70. The Labute approximate surface area is 177 Å². The van der Waals surface area contributed by atoms with Crippen molar-refractivity contribution in [2.24, 2.45) is 0 Å². The Hall–Kier alpha value is -1.55. The summed E-state index contributed by atoms with van der Waals surface area (Å²) < 4.78 is 35.7. The average Bonchev–Trinajstić information content (AvgIpc) is 3.19. The number of carbonyl (C=O) groups excluding carboxylic acids is 1. The van der Waals surface area contributed by atoms with Crippen LogP contribution in [0.3, 0.4) is 0 Å². The number of ether oxygens (including phenoxy) is 6. The van der Waals surface area contributed by atoms with Gasteiger partial charge in [-0.25, -0.2) is 0 Å². The molecule has 0 spiro atoms. The molecule has 3 saturated heterocycles. The fourth-order valence-electron chi connectivity index (χ4n) is 4.38. The summed E-state index contributed by atoms with van der Waals surface area (Å²) >= 11 is 0. The number of carbonyl (C=O) groups is 1. The zero-order chi connectivity index (χ0) is 21.5. The molecule has 1 aromatic carbocycles. The van der Waals surface area contributed by atoms with Gasteiger partial charge in [0, 0.05) is 12.6 Å². The molecule has 166 valence electrons. The average molecular weight is 421 g/mol. The summed E-state index contributed by atoms with van der Waals surface area (Å²) in [6.07, 6.45) is -2.17. The molecule has 1 N–H and O–H groups in total. The van der Waals surface area contributed by atoms with Gasteiger partial charge in [0.05, 0.1) is 13.5 Å². The third-order valence-corrected chi connectivity index (χ3v) is 5.61. The highest BCUT2D eigenvalue weighted by Gasteiger charge is 2.61. The number of hydrogen-bond acceptors (Lipinski definition) is 8. The number of benzene rings is 1. The van der Waals surface area contributed by atoms with Crippen molar-refractivity contribution in [1.29, 1.82) is 0 Å². The van der Waals surface area contributed by atoms with Crippen LogP contribution in [0.2, 0.25) is 0 Å². The molecule has 1 aromatic rings. The van der Waals surface area contributed by atoms with E-state index in [2.05, 4.69) is 5.32 Å². The van der Waals surface area contributed by atoms with Gasteiger partial charge in [0.2, 0.25) is 0 Å². The molecular formula is C22H31NO7. The summed E-state index contributed by atoms with van der Waals surface area (Å²) in [5.74, 6) is -1.91. The maximum absolute atomic E-state index is 12.2. The monoisotopic (exact) mass is 421 g/mol. The lowest BCUT2D eigenvalue weighted by Crippen LogP contribution is -2.61. The van der Waals surface area contributed by atoms with Crippen molar-refractivity contribution in [3.63, 3.8) is 0 Å². The van der Waals surface area contributed by atoms with Gasteiger partial charge in [0.15, 0.2) is 17.9 Å². The Morgan fingerprint density at radius 1 is 1.00 bits per heavy atom. The molecule has 3 heterocycles. The number of rotatable bonds is 6. The lowest BCUT2D eigenvalue weighted by molar-refractivity contribution is -0.240. The van der Waals surface area contributed by atoms with Crippen molar-refractivity contribution in [3.8, 4) is 0 Å². The van der Waals surface area contributed by atoms with Crippen molar-refractivity contribution in [2.45, 2.75) is 89.0 Å². The maximum Gasteiger partial charge on any atom is 0.307 e. The Morgan fingerprint density at radius 3 is 2.33 bits per heavy atom. The zero-order valence-electron chi connectivity index (χ0n) is 18.1. The van der Waals surface area contributed by atoms with Crippen LogP contribution in [0.15, 0.2) is 30.3 Å². The van der Waals surface area contributed by atoms with E-state index >= 15 is 0 Å². The first-order chi connectivity index (χ1) is 14.2. The molecule has 4 rings (SSSR count). The third kappa shape index (κ3) is 4.54. The minimum Gasteiger partial charge on any atom is -0.469 e. The van der Waals surface area contributed by atoms with Crippen LogP contribution in [0.5, 0.6) is 0 Å². The molecule has 0 aromatic heterocycles. The zero-order valence-corrected chi connectivity index (χ0v) is 18.1. The molecule has 0 aliphatic carbocycles. The maximum atomic E-state index is 12.2. The molecule has 0 bridgehead atoms. The van der Waals surface area contributed by atoms with E-state index in [9.17, 15) is 4.79 Å². The van der Waals surface area contributed by atoms with Gasteiger partial charge >= 0.3 is 5.97 Å². The summed E-state index contributed by atoms with van der Waals surface area (Å²) in [6, 6.07) is 9.61. The SMILES string of the molecule is COC(=O)C[C@H](NCc1ccccc1)[C@H]1O[C@@H]2OC(C)(C)O[C@@H]2[C@H]2OC(C)(C)O[C@H]21. The van der Waals surface area contributed by atoms with Gasteiger partial charge in [-0.15, -0.1) is 0 Å². The Balaban J connectivity index is 1.58. The molecular weight excluding hydrogens is 390 g/mol. The Kier molecular flexibility index (Phi) is 5.91. The van der Waals surface area contributed by atoms with E-state index in [0.29, 0.717) is 6.54 Å². The first-order valence-electron chi connectivity index (χ1n) is 10.4. The second-order valence-electron chi connectivity index (χ2n) is 8.89. The summed E-state index contributed by atoms with van der Waals surface area (Å²) in [6.45, 7) is 8.00. The van der Waals surface area contributed by atoms with Crippen LogP contribution in [0.4, 0.5) is 0 Å². The number of hydrogen-bond donors (Lipinski definition) is 1. The predicted octanol–water partition coefficient (Wildman–Crippen LogP) is 2.10. The molecule has 3 aliphatic heterocycles. The molecule has 30 heavy (non-hydrogen) atoms. The van der Waals surface area contributed by atoms with Crippen molar-refractivity contribution < 1.29 is 33.2 Å². The quantitative estimate of drug-likeness (QED) is 0.699. The van der Waals surface area contributed by atoms with Gasteiger partial charge in [-0.1, -0.05) is 30.3 Å². The molecule has 3 fully saturated rings. The largest absolute Gasteiger partial charge is 0.469 e. The van der Waals surface area contributed by atoms with Gasteiger partial charge in [0.25, 0.3) is 0 Å². The normalized spacial score (nSPS) is 34.8. The van der Waals surface area contributed by atoms with Gasteiger partial charge < -0.3 is 33.7 Å². The molecule has 0 unspecified atom stereocenters. The smallest absolute Gasteiger partial charge is 0.307 e.